The fourth-order valence-electron chi connectivity index (χ4n) is 3.67. The molecule has 0 aliphatic heterocycles. The van der Waals surface area contributed by atoms with Gasteiger partial charge in [0, 0.05) is 13.8 Å². The summed E-state index contributed by atoms with van der Waals surface area (Å²) in [6.07, 6.45) is 13.1. The van der Waals surface area contributed by atoms with Gasteiger partial charge in [0.1, 0.15) is 0 Å². The van der Waals surface area contributed by atoms with Crippen molar-refractivity contribution in [2.75, 3.05) is 26.3 Å². The van der Waals surface area contributed by atoms with E-state index in [-0.39, 0.29) is 12.5 Å². The van der Waals surface area contributed by atoms with E-state index in [4.69, 9.17) is 9.47 Å². The summed E-state index contributed by atoms with van der Waals surface area (Å²) in [4.78, 5) is 0. The van der Waals surface area contributed by atoms with Crippen molar-refractivity contribution in [2.45, 2.75) is 118 Å². The average molecular weight is 359 g/mol. The first-order valence-corrected chi connectivity index (χ1v) is 11.2. The van der Waals surface area contributed by atoms with Crippen molar-refractivity contribution < 1.29 is 14.0 Å². The van der Waals surface area contributed by atoms with Gasteiger partial charge < -0.3 is 9.47 Å². The van der Waals surface area contributed by atoms with Gasteiger partial charge in [0.15, 0.2) is 12.5 Å². The van der Waals surface area contributed by atoms with E-state index in [0.717, 1.165) is 30.5 Å². The number of hydrogen-bond acceptors (Lipinski definition) is 2. The average Bonchev–Trinajstić information content (AvgIpc) is 2.62. The molecule has 0 saturated carbocycles. The molecule has 0 N–H and O–H groups in total. The van der Waals surface area contributed by atoms with Gasteiger partial charge in [-0.3, -0.25) is 4.48 Å². The highest BCUT2D eigenvalue weighted by molar-refractivity contribution is 4.54. The lowest BCUT2D eigenvalue weighted by Gasteiger charge is -2.47. The van der Waals surface area contributed by atoms with E-state index in [1.807, 2.05) is 0 Å². The standard InChI is InChI=1S/C22H48NO2/c1-7-11-13-15-17-23(18-16-14-12-8-2,21(5)24-19-9-3)22(6)25-20-10-4/h21-22H,7-20H2,1-6H3/q+1. The predicted molar refractivity (Wildman–Crippen MR) is 110 cm³/mol. The van der Waals surface area contributed by atoms with Crippen LogP contribution in [0.25, 0.3) is 0 Å². The van der Waals surface area contributed by atoms with E-state index in [0.29, 0.717) is 0 Å². The SMILES string of the molecule is CCCCCC[N+](CCCCCC)(C(C)OCCC)C(C)OCCC. The quantitative estimate of drug-likeness (QED) is 0.158. The van der Waals surface area contributed by atoms with Crippen molar-refractivity contribution in [2.24, 2.45) is 0 Å². The van der Waals surface area contributed by atoms with Crippen LogP contribution in [0.5, 0.6) is 0 Å². The normalized spacial score (nSPS) is 14.6. The Bertz CT molecular complexity index is 255. The Morgan fingerprint density at radius 1 is 0.560 bits per heavy atom. The molecule has 0 aromatic heterocycles. The zero-order chi connectivity index (χ0) is 19.0. The Kier molecular flexibility index (Phi) is 16.0. The minimum Gasteiger partial charge on any atom is -0.329 e. The third-order valence-corrected chi connectivity index (χ3v) is 5.43. The molecule has 152 valence electrons. The first-order chi connectivity index (χ1) is 12.1. The third-order valence-electron chi connectivity index (χ3n) is 5.43. The fourth-order valence-corrected chi connectivity index (χ4v) is 3.67. The van der Waals surface area contributed by atoms with Crippen LogP contribution in [0.3, 0.4) is 0 Å². The molecule has 2 atom stereocenters. The Hall–Kier alpha value is -0.120. The lowest BCUT2D eigenvalue weighted by molar-refractivity contribution is -1.01. The second kappa shape index (κ2) is 16.1. The summed E-state index contributed by atoms with van der Waals surface area (Å²) < 4.78 is 13.5. The van der Waals surface area contributed by atoms with Crippen LogP contribution >= 0.6 is 0 Å². The van der Waals surface area contributed by atoms with Gasteiger partial charge in [-0.25, -0.2) is 0 Å². The Morgan fingerprint density at radius 2 is 0.960 bits per heavy atom. The van der Waals surface area contributed by atoms with Crippen LogP contribution < -0.4 is 0 Å². The summed E-state index contributed by atoms with van der Waals surface area (Å²) in [5.41, 5.74) is 0. The summed E-state index contributed by atoms with van der Waals surface area (Å²) >= 11 is 0. The number of quaternary nitrogens is 1. The van der Waals surface area contributed by atoms with E-state index in [1.165, 1.54) is 64.5 Å². The van der Waals surface area contributed by atoms with Gasteiger partial charge in [0.05, 0.1) is 26.3 Å². The molecule has 0 amide bonds. The lowest BCUT2D eigenvalue weighted by atomic mass is 10.1. The molecule has 0 aliphatic rings. The molecule has 0 rings (SSSR count). The molecule has 0 bridgehead atoms. The highest BCUT2D eigenvalue weighted by Gasteiger charge is 2.39. The first-order valence-electron chi connectivity index (χ1n) is 11.2. The second-order valence-electron chi connectivity index (χ2n) is 7.61. The summed E-state index contributed by atoms with van der Waals surface area (Å²) in [7, 11) is 0. The molecule has 3 nitrogen and oxygen atoms in total. The van der Waals surface area contributed by atoms with Crippen LogP contribution in [0.1, 0.15) is 106 Å². The zero-order valence-electron chi connectivity index (χ0n) is 18.3. The molecule has 0 spiro atoms. The summed E-state index contributed by atoms with van der Waals surface area (Å²) in [5.74, 6) is 0. The maximum atomic E-state index is 6.26. The van der Waals surface area contributed by atoms with Crippen molar-refractivity contribution in [1.29, 1.82) is 0 Å². The van der Waals surface area contributed by atoms with Crippen molar-refractivity contribution in [3.05, 3.63) is 0 Å². The van der Waals surface area contributed by atoms with Crippen LogP contribution in [-0.4, -0.2) is 43.2 Å². The Balaban J connectivity index is 5.11. The first kappa shape index (κ1) is 24.9. The van der Waals surface area contributed by atoms with Gasteiger partial charge in [0.2, 0.25) is 0 Å². The third kappa shape index (κ3) is 9.96. The molecular weight excluding hydrogens is 310 g/mol. The Labute approximate surface area is 159 Å². The minimum absolute atomic E-state index is 0.218. The molecule has 0 radical (unpaired) electrons. The number of hydrogen-bond donors (Lipinski definition) is 0. The summed E-state index contributed by atoms with van der Waals surface area (Å²) in [6.45, 7) is 17.6. The number of nitrogens with zero attached hydrogens (tertiary/aromatic N) is 1. The number of unbranched alkanes of at least 4 members (excludes halogenated alkanes) is 6. The van der Waals surface area contributed by atoms with Gasteiger partial charge in [-0.2, -0.15) is 0 Å². The van der Waals surface area contributed by atoms with Crippen molar-refractivity contribution in [1.82, 2.24) is 0 Å². The van der Waals surface area contributed by atoms with Crippen molar-refractivity contribution >= 4 is 0 Å². The van der Waals surface area contributed by atoms with Crippen LogP contribution in [0.15, 0.2) is 0 Å². The van der Waals surface area contributed by atoms with Gasteiger partial charge >= 0.3 is 0 Å². The fraction of sp³-hybridized carbons (Fsp3) is 1.00. The van der Waals surface area contributed by atoms with E-state index < -0.39 is 0 Å². The highest BCUT2D eigenvalue weighted by atomic mass is 16.5. The van der Waals surface area contributed by atoms with Gasteiger partial charge in [-0.15, -0.1) is 0 Å². The van der Waals surface area contributed by atoms with Crippen LogP contribution in [0.2, 0.25) is 0 Å². The zero-order valence-corrected chi connectivity index (χ0v) is 18.3. The highest BCUT2D eigenvalue weighted by Crippen LogP contribution is 2.26. The van der Waals surface area contributed by atoms with Gasteiger partial charge in [-0.05, 0) is 38.5 Å². The molecule has 0 aliphatic carbocycles. The number of ether oxygens (including phenoxy) is 2. The summed E-state index contributed by atoms with van der Waals surface area (Å²) in [5, 5.41) is 0. The van der Waals surface area contributed by atoms with Crippen LogP contribution in [-0.2, 0) is 9.47 Å². The Morgan fingerprint density at radius 3 is 1.28 bits per heavy atom. The monoisotopic (exact) mass is 358 g/mol. The van der Waals surface area contributed by atoms with Gasteiger partial charge in [-0.1, -0.05) is 53.4 Å². The topological polar surface area (TPSA) is 18.5 Å². The van der Waals surface area contributed by atoms with Gasteiger partial charge in [0.25, 0.3) is 0 Å². The lowest BCUT2D eigenvalue weighted by Crippen LogP contribution is -2.62. The largest absolute Gasteiger partial charge is 0.329 e. The molecule has 0 saturated heterocycles. The van der Waals surface area contributed by atoms with Crippen LogP contribution in [0, 0.1) is 0 Å². The van der Waals surface area contributed by atoms with E-state index >= 15 is 0 Å². The molecular formula is C22H48NO2+. The molecule has 2 unspecified atom stereocenters. The van der Waals surface area contributed by atoms with Crippen molar-refractivity contribution in [3.8, 4) is 0 Å². The maximum Gasteiger partial charge on any atom is 0.192 e. The predicted octanol–water partition coefficient (Wildman–Crippen LogP) is 6.51. The molecule has 0 aromatic carbocycles. The maximum absolute atomic E-state index is 6.26. The van der Waals surface area contributed by atoms with Crippen LogP contribution in [0.4, 0.5) is 0 Å². The molecule has 0 heterocycles. The second-order valence-corrected chi connectivity index (χ2v) is 7.61. The number of rotatable bonds is 18. The molecule has 0 fully saturated rings. The molecule has 3 heteroatoms. The molecule has 25 heavy (non-hydrogen) atoms. The van der Waals surface area contributed by atoms with E-state index in [9.17, 15) is 0 Å². The minimum atomic E-state index is 0.218. The van der Waals surface area contributed by atoms with Crippen molar-refractivity contribution in [3.63, 3.8) is 0 Å². The summed E-state index contributed by atoms with van der Waals surface area (Å²) in [6, 6.07) is 0. The molecule has 0 aromatic rings. The smallest absolute Gasteiger partial charge is 0.192 e. The van der Waals surface area contributed by atoms with E-state index in [1.54, 1.807) is 0 Å². The van der Waals surface area contributed by atoms with E-state index in [2.05, 4.69) is 41.5 Å².